The highest BCUT2D eigenvalue weighted by Crippen LogP contribution is 2.72. The van der Waals surface area contributed by atoms with Crippen LogP contribution in [0.1, 0.15) is 101 Å². The third-order valence-electron chi connectivity index (χ3n) is 16.0. The number of piperidine rings is 1. The van der Waals surface area contributed by atoms with E-state index in [1.807, 2.05) is 18.2 Å². The molecule has 0 aromatic heterocycles. The van der Waals surface area contributed by atoms with Crippen LogP contribution in [-0.2, 0) is 32.0 Å². The highest BCUT2D eigenvalue weighted by molar-refractivity contribution is 6.07. The van der Waals surface area contributed by atoms with Gasteiger partial charge in [0, 0.05) is 36.3 Å². The number of phenols is 1. The summed E-state index contributed by atoms with van der Waals surface area (Å²) in [4.78, 5) is 29.4. The fourth-order valence-corrected chi connectivity index (χ4v) is 12.9. The van der Waals surface area contributed by atoms with Crippen molar-refractivity contribution in [2.75, 3.05) is 19.7 Å². The summed E-state index contributed by atoms with van der Waals surface area (Å²) in [7, 11) is 0. The van der Waals surface area contributed by atoms with Gasteiger partial charge < -0.3 is 30.3 Å². The molecular weight excluding hydrogens is 773 g/mol. The second kappa shape index (κ2) is 17.4. The lowest BCUT2D eigenvalue weighted by Gasteiger charge is -2.56. The first-order valence-corrected chi connectivity index (χ1v) is 23.7. The molecule has 62 heavy (non-hydrogen) atoms. The molecule has 4 fully saturated rings. The second-order valence-electron chi connectivity index (χ2n) is 19.3. The smallest absolute Gasteiger partial charge is 0.340 e. The normalized spacial score (nSPS) is 28.3. The molecule has 0 amide bonds. The number of phenolic OH excluding ortho intramolecular Hbond substituents is 1. The summed E-state index contributed by atoms with van der Waals surface area (Å²) in [5.74, 6) is 1.25. The van der Waals surface area contributed by atoms with Crippen molar-refractivity contribution in [2.45, 2.75) is 103 Å². The van der Waals surface area contributed by atoms with Gasteiger partial charge in [-0.15, -0.1) is 0 Å². The highest BCUT2D eigenvalue weighted by Gasteiger charge is 2.68. The summed E-state index contributed by atoms with van der Waals surface area (Å²) in [5.41, 5.74) is 7.82. The zero-order valence-corrected chi connectivity index (χ0v) is 36.2. The van der Waals surface area contributed by atoms with Crippen LogP contribution in [0.2, 0.25) is 0 Å². The van der Waals surface area contributed by atoms with Gasteiger partial charge in [0.25, 0.3) is 0 Å². The molecule has 6 unspecified atom stereocenters. The number of rotatable bonds is 13. The molecule has 8 heteroatoms. The highest BCUT2D eigenvalue weighted by atomic mass is 16.5. The fraction of sp³-hybridized carbons (Fsp3) is 0.481. The fourth-order valence-electron chi connectivity index (χ4n) is 12.9. The van der Waals surface area contributed by atoms with E-state index in [0.29, 0.717) is 48.3 Å². The Bertz CT molecular complexity index is 2330. The Morgan fingerprint density at radius 1 is 0.871 bits per heavy atom. The summed E-state index contributed by atoms with van der Waals surface area (Å²) in [6, 6.07) is 25.3. The lowest BCUT2D eigenvalue weighted by molar-refractivity contribution is -0.135. The van der Waals surface area contributed by atoms with E-state index >= 15 is 0 Å². The van der Waals surface area contributed by atoms with Crippen LogP contribution in [-0.4, -0.2) is 47.9 Å². The Hall–Kier alpha value is -4.76. The minimum Gasteiger partial charge on any atom is -0.508 e. The topological polar surface area (TPSA) is 117 Å². The number of aliphatic hydroxyl groups excluding tert-OH is 1. The number of esters is 2. The monoisotopic (exact) mass is 834 g/mol. The number of ether oxygens (including phenoxy) is 2. The first-order valence-electron chi connectivity index (χ1n) is 23.7. The summed E-state index contributed by atoms with van der Waals surface area (Å²) < 4.78 is 12.9. The van der Waals surface area contributed by atoms with Gasteiger partial charge in [0.2, 0.25) is 0 Å². The molecule has 8 nitrogen and oxygen atoms in total. The molecule has 3 aliphatic heterocycles. The average molecular weight is 835 g/mol. The van der Waals surface area contributed by atoms with Crippen LogP contribution in [0.15, 0.2) is 113 Å². The minimum atomic E-state index is -0.857. The number of carbonyl (C=O) groups is 2. The van der Waals surface area contributed by atoms with E-state index < -0.39 is 5.41 Å². The zero-order valence-electron chi connectivity index (χ0n) is 36.2. The molecule has 2 bridgehead atoms. The van der Waals surface area contributed by atoms with Crippen LogP contribution in [0.25, 0.3) is 16.7 Å². The molecule has 2 saturated carbocycles. The number of hydrogen-bond acceptors (Lipinski definition) is 8. The molecule has 3 heterocycles. The van der Waals surface area contributed by atoms with E-state index in [1.165, 1.54) is 36.8 Å². The van der Waals surface area contributed by atoms with Crippen molar-refractivity contribution >= 4 is 17.5 Å². The Labute approximate surface area is 366 Å². The Morgan fingerprint density at radius 2 is 1.68 bits per heavy atom. The molecule has 3 aromatic carbocycles. The molecule has 3 aromatic rings. The van der Waals surface area contributed by atoms with Gasteiger partial charge in [-0.25, -0.2) is 9.59 Å². The van der Waals surface area contributed by atoms with E-state index in [1.54, 1.807) is 6.07 Å². The Balaban J connectivity index is 1.10. The summed E-state index contributed by atoms with van der Waals surface area (Å²) in [5, 5.41) is 28.9. The maximum absolute atomic E-state index is 14.9. The van der Waals surface area contributed by atoms with Gasteiger partial charge in [0.05, 0.1) is 11.0 Å². The molecule has 0 radical (unpaired) electrons. The molecule has 5 aliphatic carbocycles. The quantitative estimate of drug-likeness (QED) is 0.126. The summed E-state index contributed by atoms with van der Waals surface area (Å²) >= 11 is 0. The summed E-state index contributed by atoms with van der Waals surface area (Å²) in [6.07, 6.45) is 16.8. The van der Waals surface area contributed by atoms with Crippen molar-refractivity contribution in [3.63, 3.8) is 0 Å². The van der Waals surface area contributed by atoms with Gasteiger partial charge in [-0.05, 0) is 177 Å². The van der Waals surface area contributed by atoms with Crippen LogP contribution in [0.4, 0.5) is 0 Å². The molecule has 2 saturated heterocycles. The third kappa shape index (κ3) is 7.40. The lowest BCUT2D eigenvalue weighted by Crippen LogP contribution is -2.52. The maximum Gasteiger partial charge on any atom is 0.340 e. The number of aromatic hydroxyl groups is 1. The van der Waals surface area contributed by atoms with Crippen LogP contribution >= 0.6 is 0 Å². The molecular formula is C54H62N2O6. The molecule has 8 aliphatic rings. The number of carbonyl (C=O) groups excluding carboxylic acids is 2. The van der Waals surface area contributed by atoms with E-state index in [4.69, 9.17) is 9.47 Å². The minimum absolute atomic E-state index is 0.0172. The maximum atomic E-state index is 14.9. The van der Waals surface area contributed by atoms with Crippen molar-refractivity contribution in [2.24, 2.45) is 40.9 Å². The number of nitrogens with one attached hydrogen (secondary N) is 2. The number of allylic oxidation sites excluding steroid dienone is 5. The van der Waals surface area contributed by atoms with Crippen molar-refractivity contribution in [3.05, 3.63) is 130 Å². The van der Waals surface area contributed by atoms with Crippen LogP contribution < -0.4 is 10.6 Å². The van der Waals surface area contributed by atoms with Gasteiger partial charge in [-0.3, -0.25) is 0 Å². The average Bonchev–Trinajstić information content (AvgIpc) is 4.03. The van der Waals surface area contributed by atoms with Crippen molar-refractivity contribution in [1.29, 1.82) is 0 Å². The number of cyclic esters (lactones) is 2. The second-order valence-corrected chi connectivity index (χ2v) is 19.3. The van der Waals surface area contributed by atoms with E-state index in [0.717, 1.165) is 91.6 Å². The molecule has 1 spiro atoms. The van der Waals surface area contributed by atoms with E-state index in [9.17, 15) is 19.8 Å². The number of fused-ring (bicyclic) bond motifs is 1. The van der Waals surface area contributed by atoms with Crippen molar-refractivity contribution in [1.82, 2.24) is 10.6 Å². The number of hydrogen-bond donors (Lipinski definition) is 4. The van der Waals surface area contributed by atoms with Crippen LogP contribution in [0.5, 0.6) is 5.75 Å². The zero-order chi connectivity index (χ0) is 42.4. The van der Waals surface area contributed by atoms with Crippen LogP contribution in [0.3, 0.4) is 0 Å². The lowest BCUT2D eigenvalue weighted by atomic mass is 9.44. The van der Waals surface area contributed by atoms with Crippen molar-refractivity contribution < 1.29 is 29.3 Å². The number of aliphatic hydroxyl groups is 1. The molecule has 6 atom stereocenters. The predicted octanol–water partition coefficient (Wildman–Crippen LogP) is 9.73. The van der Waals surface area contributed by atoms with Crippen molar-refractivity contribution in [3.8, 4) is 16.9 Å². The molecule has 324 valence electrons. The van der Waals surface area contributed by atoms with Gasteiger partial charge in [-0.2, -0.15) is 0 Å². The van der Waals surface area contributed by atoms with Gasteiger partial charge in [0.1, 0.15) is 17.3 Å². The van der Waals surface area contributed by atoms with E-state index in [-0.39, 0.29) is 53.9 Å². The molecule has 4 N–H and O–H groups in total. The van der Waals surface area contributed by atoms with Gasteiger partial charge >= 0.3 is 11.9 Å². The largest absolute Gasteiger partial charge is 0.508 e. The standard InChI is InChI=1S/C54H62N2O6/c1-2-33(27-34-9-4-3-5-10-34)29-47-54-24-21-42(43-18-19-44-46(61-52(59)49(44)50(43)54)20-15-38(32-57)36-22-25-55-26-23-36)48(51(54)53(60)62-47)45-30-40(58)16-17-41(45)37-12-8-11-35(28-37)31-56-39-13-6-7-14-39/h3-5,8-12,16-17,20,28-30,33,36,38-39,42-43,50,55-58H,2,6-7,13-15,18-19,21-27,31-32H2,1H3. The Kier molecular flexibility index (Phi) is 11.6. The molecule has 11 rings (SSSR count). The van der Waals surface area contributed by atoms with E-state index in [2.05, 4.69) is 78.2 Å². The first kappa shape index (κ1) is 41.3. The number of benzene rings is 3. The van der Waals surface area contributed by atoms with Gasteiger partial charge in [0.15, 0.2) is 0 Å². The first-order chi connectivity index (χ1) is 30.4. The van der Waals surface area contributed by atoms with Crippen LogP contribution in [0, 0.1) is 40.9 Å². The summed E-state index contributed by atoms with van der Waals surface area (Å²) in [6.45, 7) is 5.01. The predicted molar refractivity (Wildman–Crippen MR) is 241 cm³/mol. The third-order valence-corrected chi connectivity index (χ3v) is 16.0. The Morgan fingerprint density at radius 3 is 2.47 bits per heavy atom. The SMILES string of the molecule is CCC(C=C1OC(=O)C2=C(c3cc(O)ccc3-c3cccc(CNC4CCCC4)c3)C3CCC12C1C2=C(CCC31)C(=CCC(CO)C1CCNCC1)OC2=O)Cc1ccccc1. The van der Waals surface area contributed by atoms with Gasteiger partial charge in [-0.1, -0.05) is 74.4 Å².